The SMILES string of the molecule is C=CCOC(=O)N1C(C(=O)O)CCCC1C(C)(C)C. The topological polar surface area (TPSA) is 66.8 Å². The Kier molecular flexibility index (Phi) is 4.97. The Morgan fingerprint density at radius 2 is 2.05 bits per heavy atom. The first kappa shape index (κ1) is 15.5. The van der Waals surface area contributed by atoms with E-state index in [4.69, 9.17) is 4.74 Å². The molecule has 0 aliphatic carbocycles. The first-order valence-electron chi connectivity index (χ1n) is 6.58. The van der Waals surface area contributed by atoms with Crippen LogP contribution in [0.5, 0.6) is 0 Å². The molecule has 2 atom stereocenters. The van der Waals surface area contributed by atoms with Gasteiger partial charge in [0.2, 0.25) is 0 Å². The van der Waals surface area contributed by atoms with Gasteiger partial charge in [0.15, 0.2) is 0 Å². The normalized spacial score (nSPS) is 23.8. The van der Waals surface area contributed by atoms with E-state index in [0.29, 0.717) is 6.42 Å². The maximum Gasteiger partial charge on any atom is 0.411 e. The van der Waals surface area contributed by atoms with Crippen LogP contribution >= 0.6 is 0 Å². The van der Waals surface area contributed by atoms with Crippen molar-refractivity contribution in [2.24, 2.45) is 5.41 Å². The molecule has 1 N–H and O–H groups in total. The van der Waals surface area contributed by atoms with Gasteiger partial charge in [0, 0.05) is 6.04 Å². The van der Waals surface area contributed by atoms with E-state index >= 15 is 0 Å². The molecule has 1 heterocycles. The van der Waals surface area contributed by atoms with E-state index in [1.807, 2.05) is 20.8 Å². The third-order valence-corrected chi connectivity index (χ3v) is 3.45. The van der Waals surface area contributed by atoms with Crippen LogP contribution in [-0.4, -0.2) is 40.8 Å². The lowest BCUT2D eigenvalue weighted by molar-refractivity contribution is -0.146. The van der Waals surface area contributed by atoms with Crippen molar-refractivity contribution in [2.75, 3.05) is 6.61 Å². The third-order valence-electron chi connectivity index (χ3n) is 3.45. The highest BCUT2D eigenvalue weighted by atomic mass is 16.6. The number of nitrogens with zero attached hydrogens (tertiary/aromatic N) is 1. The van der Waals surface area contributed by atoms with Gasteiger partial charge in [-0.25, -0.2) is 9.59 Å². The summed E-state index contributed by atoms with van der Waals surface area (Å²) in [6.07, 6.45) is 3.00. The molecular formula is C14H23NO4. The van der Waals surface area contributed by atoms with Crippen molar-refractivity contribution in [1.29, 1.82) is 0 Å². The average Bonchev–Trinajstić information content (AvgIpc) is 2.33. The van der Waals surface area contributed by atoms with Crippen LogP contribution in [0.1, 0.15) is 40.0 Å². The van der Waals surface area contributed by atoms with Crippen LogP contribution in [0.25, 0.3) is 0 Å². The van der Waals surface area contributed by atoms with Crippen molar-refractivity contribution in [2.45, 2.75) is 52.1 Å². The fourth-order valence-corrected chi connectivity index (χ4v) is 2.55. The van der Waals surface area contributed by atoms with Crippen LogP contribution in [0.3, 0.4) is 0 Å². The number of rotatable bonds is 3. The Morgan fingerprint density at radius 3 is 2.53 bits per heavy atom. The number of carboxylic acid groups (broad SMARTS) is 1. The van der Waals surface area contributed by atoms with Gasteiger partial charge in [-0.15, -0.1) is 0 Å². The number of hydrogen-bond donors (Lipinski definition) is 1. The average molecular weight is 269 g/mol. The van der Waals surface area contributed by atoms with Gasteiger partial charge < -0.3 is 9.84 Å². The summed E-state index contributed by atoms with van der Waals surface area (Å²) >= 11 is 0. The van der Waals surface area contributed by atoms with Gasteiger partial charge >= 0.3 is 12.1 Å². The van der Waals surface area contributed by atoms with Crippen molar-refractivity contribution < 1.29 is 19.4 Å². The van der Waals surface area contributed by atoms with Gasteiger partial charge in [0.1, 0.15) is 12.6 Å². The molecule has 0 aromatic rings. The highest BCUT2D eigenvalue weighted by molar-refractivity contribution is 5.80. The lowest BCUT2D eigenvalue weighted by atomic mass is 9.79. The predicted octanol–water partition coefficient (Wildman–Crippen LogP) is 2.66. The number of carbonyl (C=O) groups is 2. The molecule has 0 aromatic carbocycles. The molecule has 1 amide bonds. The molecular weight excluding hydrogens is 246 g/mol. The summed E-state index contributed by atoms with van der Waals surface area (Å²) in [5.41, 5.74) is -0.179. The number of aliphatic carboxylic acids is 1. The lowest BCUT2D eigenvalue weighted by Gasteiger charge is -2.45. The quantitative estimate of drug-likeness (QED) is 0.800. The Balaban J connectivity index is 2.99. The second-order valence-corrected chi connectivity index (χ2v) is 5.94. The van der Waals surface area contributed by atoms with Gasteiger partial charge in [-0.3, -0.25) is 4.90 Å². The van der Waals surface area contributed by atoms with E-state index < -0.39 is 18.1 Å². The van der Waals surface area contributed by atoms with E-state index in [2.05, 4.69) is 6.58 Å². The molecule has 0 spiro atoms. The zero-order chi connectivity index (χ0) is 14.6. The Morgan fingerprint density at radius 1 is 1.42 bits per heavy atom. The zero-order valence-electron chi connectivity index (χ0n) is 11.9. The van der Waals surface area contributed by atoms with Crippen LogP contribution in [0.2, 0.25) is 0 Å². The van der Waals surface area contributed by atoms with E-state index in [9.17, 15) is 14.7 Å². The minimum atomic E-state index is -0.968. The van der Waals surface area contributed by atoms with Crippen LogP contribution in [0.4, 0.5) is 4.79 Å². The molecule has 19 heavy (non-hydrogen) atoms. The van der Waals surface area contributed by atoms with Crippen LogP contribution in [0.15, 0.2) is 12.7 Å². The number of piperidine rings is 1. The van der Waals surface area contributed by atoms with Gasteiger partial charge in [-0.05, 0) is 24.7 Å². The molecule has 1 aliphatic heterocycles. The zero-order valence-corrected chi connectivity index (χ0v) is 11.9. The molecule has 1 rings (SSSR count). The third kappa shape index (κ3) is 3.72. The van der Waals surface area contributed by atoms with Crippen molar-refractivity contribution >= 4 is 12.1 Å². The summed E-state index contributed by atoms with van der Waals surface area (Å²) < 4.78 is 5.04. The summed E-state index contributed by atoms with van der Waals surface area (Å²) in [6.45, 7) is 9.61. The summed E-state index contributed by atoms with van der Waals surface area (Å²) in [4.78, 5) is 24.9. The largest absolute Gasteiger partial charge is 0.480 e. The molecule has 108 valence electrons. The van der Waals surface area contributed by atoms with Gasteiger partial charge in [-0.2, -0.15) is 0 Å². The first-order chi connectivity index (χ1) is 8.79. The van der Waals surface area contributed by atoms with Gasteiger partial charge in [0.05, 0.1) is 0 Å². The highest BCUT2D eigenvalue weighted by Gasteiger charge is 2.43. The first-order valence-corrected chi connectivity index (χ1v) is 6.58. The smallest absolute Gasteiger partial charge is 0.411 e. The van der Waals surface area contributed by atoms with Crippen LogP contribution in [-0.2, 0) is 9.53 Å². The fourth-order valence-electron chi connectivity index (χ4n) is 2.55. The Bertz CT molecular complexity index is 359. The van der Waals surface area contributed by atoms with Crippen molar-refractivity contribution in [3.63, 3.8) is 0 Å². The molecule has 0 bridgehead atoms. The van der Waals surface area contributed by atoms with Crippen molar-refractivity contribution in [1.82, 2.24) is 4.90 Å². The fraction of sp³-hybridized carbons (Fsp3) is 0.714. The predicted molar refractivity (Wildman–Crippen MR) is 71.9 cm³/mol. The number of ether oxygens (including phenoxy) is 1. The number of carboxylic acids is 1. The van der Waals surface area contributed by atoms with Gasteiger partial charge in [0.25, 0.3) is 0 Å². The summed E-state index contributed by atoms with van der Waals surface area (Å²) in [5, 5.41) is 9.30. The van der Waals surface area contributed by atoms with Crippen molar-refractivity contribution in [3.05, 3.63) is 12.7 Å². The van der Waals surface area contributed by atoms with E-state index in [1.165, 1.54) is 11.0 Å². The lowest BCUT2D eigenvalue weighted by Crippen LogP contribution is -2.57. The molecule has 0 aromatic heterocycles. The molecule has 5 heteroatoms. The molecule has 0 saturated carbocycles. The van der Waals surface area contributed by atoms with E-state index in [0.717, 1.165) is 12.8 Å². The molecule has 1 aliphatic rings. The second-order valence-electron chi connectivity index (χ2n) is 5.94. The minimum absolute atomic E-state index is 0.0958. The molecule has 1 saturated heterocycles. The number of carbonyl (C=O) groups excluding carboxylic acids is 1. The second kappa shape index (κ2) is 6.08. The number of hydrogen-bond acceptors (Lipinski definition) is 3. The van der Waals surface area contributed by atoms with E-state index in [1.54, 1.807) is 0 Å². The Labute approximate surface area is 114 Å². The minimum Gasteiger partial charge on any atom is -0.480 e. The summed E-state index contributed by atoms with van der Waals surface area (Å²) in [6, 6.07) is -0.921. The molecule has 5 nitrogen and oxygen atoms in total. The van der Waals surface area contributed by atoms with Gasteiger partial charge in [-0.1, -0.05) is 33.4 Å². The molecule has 2 unspecified atom stereocenters. The summed E-state index contributed by atoms with van der Waals surface area (Å²) in [7, 11) is 0. The molecule has 1 fully saturated rings. The van der Waals surface area contributed by atoms with Crippen molar-refractivity contribution in [3.8, 4) is 0 Å². The Hall–Kier alpha value is -1.52. The summed E-state index contributed by atoms with van der Waals surface area (Å²) in [5.74, 6) is -0.968. The number of likely N-dealkylation sites (tertiary alicyclic amines) is 1. The van der Waals surface area contributed by atoms with Crippen LogP contribution in [0, 0.1) is 5.41 Å². The monoisotopic (exact) mass is 269 g/mol. The number of amides is 1. The standard InChI is InChI=1S/C14H23NO4/c1-5-9-19-13(18)15-10(12(16)17)7-6-8-11(15)14(2,3)4/h5,10-11H,1,6-9H2,2-4H3,(H,16,17). The maximum atomic E-state index is 12.1. The molecule has 0 radical (unpaired) electrons. The van der Waals surface area contributed by atoms with Crippen LogP contribution < -0.4 is 0 Å². The highest BCUT2D eigenvalue weighted by Crippen LogP contribution is 2.35. The van der Waals surface area contributed by atoms with E-state index in [-0.39, 0.29) is 18.1 Å². The maximum absolute atomic E-state index is 12.1.